The van der Waals surface area contributed by atoms with Crippen LogP contribution in [-0.4, -0.2) is 21.4 Å². The van der Waals surface area contributed by atoms with Crippen molar-refractivity contribution >= 4 is 38.9 Å². The van der Waals surface area contributed by atoms with Crippen LogP contribution in [0.5, 0.6) is 5.75 Å². The summed E-state index contributed by atoms with van der Waals surface area (Å²) in [6.45, 7) is 0. The molecule has 0 unspecified atom stereocenters. The fraction of sp³-hybridized carbons (Fsp3) is 0.235. The molecule has 0 radical (unpaired) electrons. The quantitative estimate of drug-likeness (QED) is 0.803. The molecule has 1 saturated carbocycles. The van der Waals surface area contributed by atoms with Crippen molar-refractivity contribution in [3.63, 3.8) is 0 Å². The van der Waals surface area contributed by atoms with Crippen LogP contribution < -0.4 is 14.8 Å². The second-order valence-corrected chi connectivity index (χ2v) is 7.83. The highest BCUT2D eigenvalue weighted by Crippen LogP contribution is 2.32. The van der Waals surface area contributed by atoms with Crippen LogP contribution in [0.25, 0.3) is 0 Å². The number of amides is 1. The third-order valence-corrected chi connectivity index (χ3v) is 5.42. The summed E-state index contributed by atoms with van der Waals surface area (Å²) in [6.07, 6.45) is 1.73. The van der Waals surface area contributed by atoms with Crippen LogP contribution in [0.3, 0.4) is 0 Å². The van der Waals surface area contributed by atoms with Gasteiger partial charge in [-0.2, -0.15) is 0 Å². The SMILES string of the molecule is COc1ccc(NC(=O)C2CC2)cc1S(=O)(=O)Nc1ccc(Cl)cc1. The topological polar surface area (TPSA) is 84.5 Å². The van der Waals surface area contributed by atoms with Gasteiger partial charge in [0, 0.05) is 22.3 Å². The Morgan fingerprint density at radius 1 is 1.12 bits per heavy atom. The van der Waals surface area contributed by atoms with Crippen molar-refractivity contribution in [1.82, 2.24) is 0 Å². The van der Waals surface area contributed by atoms with Crippen molar-refractivity contribution in [3.05, 3.63) is 47.5 Å². The third kappa shape index (κ3) is 4.24. The van der Waals surface area contributed by atoms with Crippen molar-refractivity contribution in [2.24, 2.45) is 5.92 Å². The minimum Gasteiger partial charge on any atom is -0.495 e. The number of methoxy groups -OCH3 is 1. The maximum Gasteiger partial charge on any atom is 0.265 e. The average molecular weight is 381 g/mol. The molecule has 0 atom stereocenters. The van der Waals surface area contributed by atoms with Crippen LogP contribution in [0, 0.1) is 5.92 Å². The summed E-state index contributed by atoms with van der Waals surface area (Å²) >= 11 is 5.81. The summed E-state index contributed by atoms with van der Waals surface area (Å²) in [6, 6.07) is 10.8. The predicted molar refractivity (Wildman–Crippen MR) is 96.6 cm³/mol. The Hall–Kier alpha value is -2.25. The smallest absolute Gasteiger partial charge is 0.265 e. The van der Waals surface area contributed by atoms with E-state index in [1.807, 2.05) is 0 Å². The number of carbonyl (C=O) groups excluding carboxylic acids is 1. The largest absolute Gasteiger partial charge is 0.495 e. The maximum atomic E-state index is 12.7. The second kappa shape index (κ2) is 6.93. The Bertz CT molecular complexity index is 893. The molecule has 2 N–H and O–H groups in total. The van der Waals surface area contributed by atoms with Crippen LogP contribution in [0.2, 0.25) is 5.02 Å². The molecule has 1 fully saturated rings. The highest BCUT2D eigenvalue weighted by atomic mass is 35.5. The lowest BCUT2D eigenvalue weighted by atomic mass is 10.3. The molecule has 1 aliphatic rings. The van der Waals surface area contributed by atoms with Gasteiger partial charge in [-0.1, -0.05) is 11.6 Å². The first-order valence-electron chi connectivity index (χ1n) is 7.66. The monoisotopic (exact) mass is 380 g/mol. The first-order valence-corrected chi connectivity index (χ1v) is 9.52. The van der Waals surface area contributed by atoms with E-state index in [2.05, 4.69) is 10.0 Å². The molecule has 8 heteroatoms. The van der Waals surface area contributed by atoms with Crippen LogP contribution in [-0.2, 0) is 14.8 Å². The lowest BCUT2D eigenvalue weighted by Crippen LogP contribution is -2.16. The number of halogens is 1. The second-order valence-electron chi connectivity index (χ2n) is 5.74. The van der Waals surface area contributed by atoms with Crippen LogP contribution in [0.15, 0.2) is 47.4 Å². The van der Waals surface area contributed by atoms with E-state index in [0.29, 0.717) is 16.4 Å². The highest BCUT2D eigenvalue weighted by Gasteiger charge is 2.30. The molecule has 2 aromatic rings. The standard InChI is InChI=1S/C17H17ClN2O4S/c1-24-15-9-8-14(19-17(21)11-2-3-11)10-16(15)25(22,23)20-13-6-4-12(18)5-7-13/h4-11,20H,2-3H2,1H3,(H,19,21). The van der Waals surface area contributed by atoms with E-state index in [0.717, 1.165) is 12.8 Å². The summed E-state index contributed by atoms with van der Waals surface area (Å²) in [5.41, 5.74) is 0.785. The molecule has 0 saturated heterocycles. The van der Waals surface area contributed by atoms with Gasteiger partial charge >= 0.3 is 0 Å². The molecule has 0 aromatic heterocycles. The van der Waals surface area contributed by atoms with Gasteiger partial charge in [0.15, 0.2) is 0 Å². The number of carbonyl (C=O) groups is 1. The number of sulfonamides is 1. The van der Waals surface area contributed by atoms with E-state index in [-0.39, 0.29) is 22.5 Å². The van der Waals surface area contributed by atoms with Gasteiger partial charge < -0.3 is 10.1 Å². The zero-order chi connectivity index (χ0) is 18.0. The maximum absolute atomic E-state index is 12.7. The lowest BCUT2D eigenvalue weighted by Gasteiger charge is -2.13. The number of benzene rings is 2. The molecule has 1 aliphatic carbocycles. The number of nitrogens with one attached hydrogen (secondary N) is 2. The van der Waals surface area contributed by atoms with E-state index < -0.39 is 10.0 Å². The Morgan fingerprint density at radius 2 is 1.76 bits per heavy atom. The van der Waals surface area contributed by atoms with Crippen molar-refractivity contribution in [2.75, 3.05) is 17.1 Å². The van der Waals surface area contributed by atoms with E-state index in [1.54, 1.807) is 30.3 Å². The minimum absolute atomic E-state index is 0.0225. The third-order valence-electron chi connectivity index (χ3n) is 3.77. The average Bonchev–Trinajstić information content (AvgIpc) is 3.42. The van der Waals surface area contributed by atoms with Crippen LogP contribution >= 0.6 is 11.6 Å². The van der Waals surface area contributed by atoms with Gasteiger partial charge in [0.05, 0.1) is 7.11 Å². The molecule has 3 rings (SSSR count). The number of hydrogen-bond acceptors (Lipinski definition) is 4. The van der Waals surface area contributed by atoms with Gasteiger partial charge in [0.25, 0.3) is 10.0 Å². The van der Waals surface area contributed by atoms with Crippen molar-refractivity contribution in [3.8, 4) is 5.75 Å². The van der Waals surface area contributed by atoms with E-state index in [1.165, 1.54) is 19.2 Å². The number of ether oxygens (including phenoxy) is 1. The molecule has 6 nitrogen and oxygen atoms in total. The van der Waals surface area contributed by atoms with Crippen LogP contribution in [0.1, 0.15) is 12.8 Å². The van der Waals surface area contributed by atoms with Gasteiger partial charge in [-0.25, -0.2) is 8.42 Å². The highest BCUT2D eigenvalue weighted by molar-refractivity contribution is 7.92. The Balaban J connectivity index is 1.89. The summed E-state index contributed by atoms with van der Waals surface area (Å²) in [5, 5.41) is 3.24. The molecule has 25 heavy (non-hydrogen) atoms. The summed E-state index contributed by atoms with van der Waals surface area (Å²) in [7, 11) is -2.51. The van der Waals surface area contributed by atoms with E-state index in [4.69, 9.17) is 16.3 Å². The lowest BCUT2D eigenvalue weighted by molar-refractivity contribution is -0.117. The molecule has 0 bridgehead atoms. The zero-order valence-electron chi connectivity index (χ0n) is 13.5. The van der Waals surface area contributed by atoms with Crippen molar-refractivity contribution in [2.45, 2.75) is 17.7 Å². The molecule has 0 heterocycles. The summed E-state index contributed by atoms with van der Waals surface area (Å²) < 4.78 is 33.1. The molecular weight excluding hydrogens is 364 g/mol. The number of rotatable bonds is 6. The van der Waals surface area contributed by atoms with Crippen LogP contribution in [0.4, 0.5) is 11.4 Å². The molecule has 0 aliphatic heterocycles. The number of hydrogen-bond donors (Lipinski definition) is 2. The van der Waals surface area contributed by atoms with Gasteiger partial charge in [-0.3, -0.25) is 9.52 Å². The summed E-state index contributed by atoms with van der Waals surface area (Å²) in [5.74, 6) is 0.111. The molecule has 0 spiro atoms. The molecular formula is C17H17ClN2O4S. The Kier molecular flexibility index (Phi) is 4.87. The normalized spacial score (nSPS) is 14.0. The number of anilines is 2. The fourth-order valence-corrected chi connectivity index (χ4v) is 3.66. The van der Waals surface area contributed by atoms with Gasteiger partial charge in [-0.15, -0.1) is 0 Å². The Morgan fingerprint density at radius 3 is 2.36 bits per heavy atom. The van der Waals surface area contributed by atoms with Gasteiger partial charge in [0.2, 0.25) is 5.91 Å². The fourth-order valence-electron chi connectivity index (χ4n) is 2.28. The summed E-state index contributed by atoms with van der Waals surface area (Å²) in [4.78, 5) is 11.8. The van der Waals surface area contributed by atoms with E-state index >= 15 is 0 Å². The van der Waals surface area contributed by atoms with Crippen molar-refractivity contribution in [1.29, 1.82) is 0 Å². The zero-order valence-corrected chi connectivity index (χ0v) is 15.0. The minimum atomic E-state index is -3.90. The van der Waals surface area contributed by atoms with E-state index in [9.17, 15) is 13.2 Å². The molecule has 132 valence electrons. The first-order chi connectivity index (χ1) is 11.9. The predicted octanol–water partition coefficient (Wildman–Crippen LogP) is 3.50. The first kappa shape index (κ1) is 17.6. The molecule has 2 aromatic carbocycles. The van der Waals surface area contributed by atoms with Gasteiger partial charge in [0.1, 0.15) is 10.6 Å². The molecule has 1 amide bonds. The van der Waals surface area contributed by atoms with Gasteiger partial charge in [-0.05, 0) is 55.3 Å². The Labute approximate surface area is 151 Å². The van der Waals surface area contributed by atoms with Crippen molar-refractivity contribution < 1.29 is 17.9 Å².